The van der Waals surface area contributed by atoms with E-state index in [1.807, 2.05) is 37.3 Å². The molecule has 4 rings (SSSR count). The molecule has 0 saturated carbocycles. The van der Waals surface area contributed by atoms with Gasteiger partial charge in [0.1, 0.15) is 17.6 Å². The maximum Gasteiger partial charge on any atom is 0.247 e. The van der Waals surface area contributed by atoms with Gasteiger partial charge in [-0.1, -0.05) is 62.7 Å². The number of anilines is 2. The van der Waals surface area contributed by atoms with Gasteiger partial charge < -0.3 is 0 Å². The van der Waals surface area contributed by atoms with Gasteiger partial charge in [0.2, 0.25) is 5.91 Å². The summed E-state index contributed by atoms with van der Waals surface area (Å²) >= 11 is 6.32. The minimum absolute atomic E-state index is 0.0218. The van der Waals surface area contributed by atoms with Gasteiger partial charge in [-0.3, -0.25) is 9.69 Å². The number of rotatable bonds is 2. The second kappa shape index (κ2) is 6.97. The number of hydrogen-bond donors (Lipinski definition) is 0. The van der Waals surface area contributed by atoms with E-state index in [4.69, 9.17) is 11.6 Å². The number of carbonyl (C=O) groups is 1. The highest BCUT2D eigenvalue weighted by Crippen LogP contribution is 2.49. The number of hydrogen-bond acceptors (Lipinski definition) is 3. The average molecular weight is 416 g/mol. The van der Waals surface area contributed by atoms with Gasteiger partial charge in [0.15, 0.2) is 0 Å². The summed E-state index contributed by atoms with van der Waals surface area (Å²) in [4.78, 5) is 19.8. The molecule has 4 nitrogen and oxygen atoms in total. The molecule has 30 heavy (non-hydrogen) atoms. The van der Waals surface area contributed by atoms with Gasteiger partial charge in [-0.15, -0.1) is 0 Å². The largest absolute Gasteiger partial charge is 0.273 e. The van der Waals surface area contributed by atoms with Crippen molar-refractivity contribution in [3.63, 3.8) is 0 Å². The highest BCUT2D eigenvalue weighted by Gasteiger charge is 2.49. The zero-order valence-corrected chi connectivity index (χ0v) is 18.2. The summed E-state index contributed by atoms with van der Waals surface area (Å²) in [6.45, 7) is 8.41. The van der Waals surface area contributed by atoms with Crippen LogP contribution in [0, 0.1) is 11.3 Å². The van der Waals surface area contributed by atoms with Crippen LogP contribution in [-0.4, -0.2) is 10.9 Å². The number of nitriles is 1. The van der Waals surface area contributed by atoms with Crippen molar-refractivity contribution < 1.29 is 4.79 Å². The Labute approximate surface area is 181 Å². The molecule has 1 amide bonds. The molecule has 5 heteroatoms. The number of carbonyl (C=O) groups excluding carboxylic acids is 1. The SMILES string of the molecule is CC(C)(C)c1ccc(C2(C)C(=O)N(c3cccc(C#N)n3)c3ccc(Cl)cc32)cc1. The number of amides is 1. The molecular weight excluding hydrogens is 394 g/mol. The molecule has 1 aromatic heterocycles. The van der Waals surface area contributed by atoms with E-state index in [1.165, 1.54) is 5.56 Å². The summed E-state index contributed by atoms with van der Waals surface area (Å²) in [5, 5.41) is 9.81. The van der Waals surface area contributed by atoms with E-state index in [0.29, 0.717) is 10.8 Å². The first-order valence-electron chi connectivity index (χ1n) is 9.79. The molecule has 1 atom stereocenters. The minimum Gasteiger partial charge on any atom is -0.273 e. The van der Waals surface area contributed by atoms with E-state index in [0.717, 1.165) is 16.8 Å². The van der Waals surface area contributed by atoms with Crippen molar-refractivity contribution in [2.24, 2.45) is 0 Å². The van der Waals surface area contributed by atoms with E-state index in [2.05, 4.69) is 37.9 Å². The maximum absolute atomic E-state index is 13.8. The maximum atomic E-state index is 13.8. The Hall–Kier alpha value is -3.16. The fourth-order valence-electron chi connectivity index (χ4n) is 3.97. The second-order valence-corrected chi connectivity index (χ2v) is 9.18. The standard InChI is InChI=1S/C25H22ClN3O/c1-24(2,3)16-8-10-17(11-9-16)25(4)20-14-18(26)12-13-21(20)29(23(25)30)22-7-5-6-19(15-27)28-22/h5-14H,1-4H3. The van der Waals surface area contributed by atoms with Crippen molar-refractivity contribution in [3.05, 3.63) is 88.1 Å². The van der Waals surface area contributed by atoms with Crippen LogP contribution >= 0.6 is 11.6 Å². The van der Waals surface area contributed by atoms with Gasteiger partial charge in [0.25, 0.3) is 0 Å². The molecule has 0 bridgehead atoms. The number of halogens is 1. The molecule has 150 valence electrons. The molecule has 0 saturated heterocycles. The fraction of sp³-hybridized carbons (Fsp3) is 0.240. The summed E-state index contributed by atoms with van der Waals surface area (Å²) in [6.07, 6.45) is 0. The third-order valence-corrected chi connectivity index (χ3v) is 6.01. The van der Waals surface area contributed by atoms with E-state index in [1.54, 1.807) is 29.2 Å². The zero-order chi connectivity index (χ0) is 21.7. The Morgan fingerprint density at radius 1 is 1.07 bits per heavy atom. The molecule has 1 aliphatic rings. The fourth-order valence-corrected chi connectivity index (χ4v) is 4.14. The van der Waals surface area contributed by atoms with Crippen LogP contribution in [0.2, 0.25) is 5.02 Å². The predicted molar refractivity (Wildman–Crippen MR) is 119 cm³/mol. The predicted octanol–water partition coefficient (Wildman–Crippen LogP) is 5.89. The molecular formula is C25H22ClN3O. The van der Waals surface area contributed by atoms with Crippen molar-refractivity contribution in [3.8, 4) is 6.07 Å². The number of benzene rings is 2. The van der Waals surface area contributed by atoms with Crippen LogP contribution in [0.4, 0.5) is 11.5 Å². The van der Waals surface area contributed by atoms with Gasteiger partial charge in [-0.2, -0.15) is 5.26 Å². The summed E-state index contributed by atoms with van der Waals surface area (Å²) in [5.41, 5.74) is 3.02. The monoisotopic (exact) mass is 415 g/mol. The van der Waals surface area contributed by atoms with E-state index >= 15 is 0 Å². The summed E-state index contributed by atoms with van der Waals surface area (Å²) in [6, 6.07) is 20.8. The number of pyridine rings is 1. The van der Waals surface area contributed by atoms with Crippen molar-refractivity contribution in [1.29, 1.82) is 5.26 Å². The molecule has 0 fully saturated rings. The van der Waals surface area contributed by atoms with E-state index in [-0.39, 0.29) is 17.0 Å². The van der Waals surface area contributed by atoms with Crippen molar-refractivity contribution in [2.45, 2.75) is 38.5 Å². The molecule has 1 unspecified atom stereocenters. The first-order valence-corrected chi connectivity index (χ1v) is 10.2. The van der Waals surface area contributed by atoms with Crippen LogP contribution in [0.1, 0.15) is 50.1 Å². The molecule has 3 aromatic rings. The zero-order valence-electron chi connectivity index (χ0n) is 17.4. The third-order valence-electron chi connectivity index (χ3n) is 5.78. The highest BCUT2D eigenvalue weighted by atomic mass is 35.5. The summed E-state index contributed by atoms with van der Waals surface area (Å²) in [5.74, 6) is 0.309. The van der Waals surface area contributed by atoms with Gasteiger partial charge >= 0.3 is 0 Å². The van der Waals surface area contributed by atoms with Gasteiger partial charge in [-0.05, 0) is 59.4 Å². The summed E-state index contributed by atoms with van der Waals surface area (Å²) < 4.78 is 0. The van der Waals surface area contributed by atoms with Gasteiger partial charge in [-0.25, -0.2) is 4.98 Å². The van der Waals surface area contributed by atoms with E-state index < -0.39 is 5.41 Å². The van der Waals surface area contributed by atoms with Crippen LogP contribution in [0.15, 0.2) is 60.7 Å². The molecule has 2 aromatic carbocycles. The molecule has 2 heterocycles. The Balaban J connectivity index is 1.90. The van der Waals surface area contributed by atoms with Crippen LogP contribution in [0.25, 0.3) is 0 Å². The smallest absolute Gasteiger partial charge is 0.247 e. The van der Waals surface area contributed by atoms with Crippen molar-refractivity contribution >= 4 is 29.0 Å². The quantitative estimate of drug-likeness (QED) is 0.524. The van der Waals surface area contributed by atoms with Crippen molar-refractivity contribution in [2.75, 3.05) is 4.90 Å². The lowest BCUT2D eigenvalue weighted by Gasteiger charge is -2.26. The van der Waals surface area contributed by atoms with E-state index in [9.17, 15) is 10.1 Å². The lowest BCUT2D eigenvalue weighted by Crippen LogP contribution is -2.37. The third kappa shape index (κ3) is 3.07. The molecule has 0 aliphatic carbocycles. The second-order valence-electron chi connectivity index (χ2n) is 8.75. The van der Waals surface area contributed by atoms with Gasteiger partial charge in [0, 0.05) is 5.02 Å². The highest BCUT2D eigenvalue weighted by molar-refractivity contribution is 6.31. The molecule has 1 aliphatic heterocycles. The number of fused-ring (bicyclic) bond motifs is 1. The molecule has 0 spiro atoms. The number of nitrogens with zero attached hydrogens (tertiary/aromatic N) is 3. The molecule has 0 N–H and O–H groups in total. The van der Waals surface area contributed by atoms with Crippen LogP contribution < -0.4 is 4.90 Å². The Kier molecular flexibility index (Phi) is 4.67. The topological polar surface area (TPSA) is 57.0 Å². The van der Waals surface area contributed by atoms with Crippen LogP contribution in [-0.2, 0) is 15.6 Å². The van der Waals surface area contributed by atoms with Crippen molar-refractivity contribution in [1.82, 2.24) is 4.98 Å². The minimum atomic E-state index is -0.916. The first-order chi connectivity index (χ1) is 14.2. The lowest BCUT2D eigenvalue weighted by atomic mass is 9.76. The van der Waals surface area contributed by atoms with Gasteiger partial charge in [0.05, 0.1) is 11.1 Å². The normalized spacial score (nSPS) is 18.3. The van der Waals surface area contributed by atoms with Crippen LogP contribution in [0.3, 0.4) is 0 Å². The molecule has 0 radical (unpaired) electrons. The lowest BCUT2D eigenvalue weighted by molar-refractivity contribution is -0.120. The summed E-state index contributed by atoms with van der Waals surface area (Å²) in [7, 11) is 0. The van der Waals surface area contributed by atoms with Crippen LogP contribution in [0.5, 0.6) is 0 Å². The average Bonchev–Trinajstić information content (AvgIpc) is 2.95. The Bertz CT molecular complexity index is 1190. The number of aromatic nitrogens is 1. The Morgan fingerprint density at radius 2 is 1.77 bits per heavy atom. The first kappa shape index (κ1) is 20.1. The Morgan fingerprint density at radius 3 is 2.40 bits per heavy atom.